The fraction of sp³-hybridized carbons (Fsp3) is 0.600. The third-order valence-electron chi connectivity index (χ3n) is 2.03. The SMILES string of the molecule is CCOC(=O)Cn1c(CC)nnc1SCC(=O)O. The lowest BCUT2D eigenvalue weighted by atomic mass is 10.4. The number of carboxylic acids is 1. The van der Waals surface area contributed by atoms with E-state index in [2.05, 4.69) is 10.2 Å². The summed E-state index contributed by atoms with van der Waals surface area (Å²) in [4.78, 5) is 22.0. The summed E-state index contributed by atoms with van der Waals surface area (Å²) in [7, 11) is 0. The molecule has 18 heavy (non-hydrogen) atoms. The number of carbonyl (C=O) groups is 2. The van der Waals surface area contributed by atoms with E-state index in [-0.39, 0.29) is 18.3 Å². The maximum Gasteiger partial charge on any atom is 0.326 e. The second-order valence-electron chi connectivity index (χ2n) is 3.33. The molecule has 8 heteroatoms. The fourth-order valence-corrected chi connectivity index (χ4v) is 1.99. The number of carboxylic acid groups (broad SMARTS) is 1. The standard InChI is InChI=1S/C10H15N3O4S/c1-3-7-11-12-10(18-6-8(14)15)13(7)5-9(16)17-4-2/h3-6H2,1-2H3,(H,14,15). The molecule has 0 amide bonds. The van der Waals surface area contributed by atoms with Crippen LogP contribution in [0, 0.1) is 0 Å². The van der Waals surface area contributed by atoms with Gasteiger partial charge in [0, 0.05) is 6.42 Å². The molecule has 100 valence electrons. The number of hydrogen-bond donors (Lipinski definition) is 1. The van der Waals surface area contributed by atoms with Gasteiger partial charge in [-0.3, -0.25) is 14.2 Å². The largest absolute Gasteiger partial charge is 0.481 e. The first-order valence-corrected chi connectivity index (χ1v) is 6.49. The third-order valence-corrected chi connectivity index (χ3v) is 2.98. The maximum absolute atomic E-state index is 11.4. The number of esters is 1. The van der Waals surface area contributed by atoms with Gasteiger partial charge in [0.2, 0.25) is 0 Å². The second kappa shape index (κ2) is 7.00. The molecular weight excluding hydrogens is 258 g/mol. The van der Waals surface area contributed by atoms with E-state index < -0.39 is 5.97 Å². The molecular formula is C10H15N3O4S. The van der Waals surface area contributed by atoms with Gasteiger partial charge in [0.1, 0.15) is 12.4 Å². The Morgan fingerprint density at radius 1 is 1.39 bits per heavy atom. The molecule has 0 radical (unpaired) electrons. The van der Waals surface area contributed by atoms with Gasteiger partial charge in [0.05, 0.1) is 12.4 Å². The predicted molar refractivity (Wildman–Crippen MR) is 64.4 cm³/mol. The second-order valence-corrected chi connectivity index (χ2v) is 4.27. The number of aliphatic carboxylic acids is 1. The van der Waals surface area contributed by atoms with Crippen molar-refractivity contribution in [3.05, 3.63) is 5.82 Å². The predicted octanol–water partition coefficient (Wildman–Crippen LogP) is 0.580. The van der Waals surface area contributed by atoms with Crippen LogP contribution in [0.4, 0.5) is 0 Å². The number of nitrogens with zero attached hydrogens (tertiary/aromatic N) is 3. The van der Waals surface area contributed by atoms with E-state index in [4.69, 9.17) is 9.84 Å². The van der Waals surface area contributed by atoms with Crippen LogP contribution in [-0.2, 0) is 27.3 Å². The Hall–Kier alpha value is -1.57. The van der Waals surface area contributed by atoms with Crippen LogP contribution in [-0.4, -0.2) is 44.2 Å². The minimum atomic E-state index is -0.941. The van der Waals surface area contributed by atoms with Crippen LogP contribution in [0.2, 0.25) is 0 Å². The molecule has 1 aromatic rings. The molecule has 0 atom stereocenters. The molecule has 0 aromatic carbocycles. The fourth-order valence-electron chi connectivity index (χ4n) is 1.31. The smallest absolute Gasteiger partial charge is 0.326 e. The van der Waals surface area contributed by atoms with Crippen LogP contribution in [0.3, 0.4) is 0 Å². The van der Waals surface area contributed by atoms with Gasteiger partial charge in [-0.05, 0) is 6.92 Å². The average Bonchev–Trinajstić information content (AvgIpc) is 2.69. The van der Waals surface area contributed by atoms with Crippen molar-refractivity contribution in [2.45, 2.75) is 32.0 Å². The summed E-state index contributed by atoms with van der Waals surface area (Å²) < 4.78 is 6.44. The molecule has 0 unspecified atom stereocenters. The van der Waals surface area contributed by atoms with E-state index in [0.717, 1.165) is 11.8 Å². The highest BCUT2D eigenvalue weighted by molar-refractivity contribution is 7.99. The Bertz CT molecular complexity index is 433. The van der Waals surface area contributed by atoms with E-state index in [1.807, 2.05) is 6.92 Å². The first-order chi connectivity index (χ1) is 8.58. The molecule has 0 bridgehead atoms. The summed E-state index contributed by atoms with van der Waals surface area (Å²) >= 11 is 1.03. The van der Waals surface area contributed by atoms with E-state index in [1.165, 1.54) is 0 Å². The summed E-state index contributed by atoms with van der Waals surface area (Å²) in [6, 6.07) is 0. The number of rotatable bonds is 7. The van der Waals surface area contributed by atoms with Crippen molar-refractivity contribution in [3.63, 3.8) is 0 Å². The molecule has 0 saturated heterocycles. The third kappa shape index (κ3) is 4.02. The van der Waals surface area contributed by atoms with Crippen molar-refractivity contribution in [2.75, 3.05) is 12.4 Å². The Balaban J connectivity index is 2.81. The van der Waals surface area contributed by atoms with E-state index >= 15 is 0 Å². The van der Waals surface area contributed by atoms with Crippen molar-refractivity contribution in [1.82, 2.24) is 14.8 Å². The Morgan fingerprint density at radius 2 is 2.11 bits per heavy atom. The minimum absolute atomic E-state index is 0.00592. The Labute approximate surface area is 109 Å². The Kier molecular flexibility index (Phi) is 5.63. The molecule has 1 heterocycles. The van der Waals surface area contributed by atoms with Gasteiger partial charge in [-0.1, -0.05) is 18.7 Å². The van der Waals surface area contributed by atoms with Gasteiger partial charge in [-0.25, -0.2) is 0 Å². The molecule has 0 fully saturated rings. The van der Waals surface area contributed by atoms with E-state index in [9.17, 15) is 9.59 Å². The zero-order valence-corrected chi connectivity index (χ0v) is 11.1. The van der Waals surface area contributed by atoms with Gasteiger partial charge in [-0.2, -0.15) is 0 Å². The monoisotopic (exact) mass is 273 g/mol. The van der Waals surface area contributed by atoms with Gasteiger partial charge in [0.25, 0.3) is 0 Å². The summed E-state index contributed by atoms with van der Waals surface area (Å²) in [6.45, 7) is 3.92. The molecule has 7 nitrogen and oxygen atoms in total. The summed E-state index contributed by atoms with van der Waals surface area (Å²) in [5.74, 6) is -0.811. The van der Waals surface area contributed by atoms with Crippen LogP contribution in [0.5, 0.6) is 0 Å². The maximum atomic E-state index is 11.4. The van der Waals surface area contributed by atoms with E-state index in [0.29, 0.717) is 24.0 Å². The highest BCUT2D eigenvalue weighted by Crippen LogP contribution is 2.17. The molecule has 1 N–H and O–H groups in total. The number of carbonyl (C=O) groups excluding carboxylic acids is 1. The molecule has 0 spiro atoms. The number of thioether (sulfide) groups is 1. The lowest BCUT2D eigenvalue weighted by Crippen LogP contribution is -2.16. The van der Waals surface area contributed by atoms with Crippen molar-refractivity contribution >= 4 is 23.7 Å². The topological polar surface area (TPSA) is 94.3 Å². The highest BCUT2D eigenvalue weighted by Gasteiger charge is 2.15. The van der Waals surface area contributed by atoms with Crippen molar-refractivity contribution in [1.29, 1.82) is 0 Å². The molecule has 1 aromatic heterocycles. The quantitative estimate of drug-likeness (QED) is 0.573. The van der Waals surface area contributed by atoms with Crippen LogP contribution in [0.25, 0.3) is 0 Å². The van der Waals surface area contributed by atoms with Crippen molar-refractivity contribution < 1.29 is 19.4 Å². The van der Waals surface area contributed by atoms with E-state index in [1.54, 1.807) is 11.5 Å². The number of aryl methyl sites for hydroxylation is 1. The molecule has 0 aliphatic heterocycles. The molecule has 0 aliphatic rings. The summed E-state index contributed by atoms with van der Waals surface area (Å²) in [5.41, 5.74) is 0. The van der Waals surface area contributed by atoms with Gasteiger partial charge >= 0.3 is 11.9 Å². The van der Waals surface area contributed by atoms with Crippen molar-refractivity contribution in [2.24, 2.45) is 0 Å². The number of aromatic nitrogens is 3. The lowest BCUT2D eigenvalue weighted by Gasteiger charge is -2.07. The minimum Gasteiger partial charge on any atom is -0.481 e. The van der Waals surface area contributed by atoms with Crippen LogP contribution in [0.15, 0.2) is 5.16 Å². The highest BCUT2D eigenvalue weighted by atomic mass is 32.2. The Morgan fingerprint density at radius 3 is 2.67 bits per heavy atom. The molecule has 0 saturated carbocycles. The van der Waals surface area contributed by atoms with Crippen molar-refractivity contribution in [3.8, 4) is 0 Å². The first kappa shape index (κ1) is 14.5. The summed E-state index contributed by atoms with van der Waals surface area (Å²) in [5, 5.41) is 16.8. The summed E-state index contributed by atoms with van der Waals surface area (Å²) in [6.07, 6.45) is 0.611. The zero-order chi connectivity index (χ0) is 13.5. The first-order valence-electron chi connectivity index (χ1n) is 5.50. The van der Waals surface area contributed by atoms with Gasteiger partial charge in [-0.15, -0.1) is 10.2 Å². The molecule has 1 rings (SSSR count). The molecule has 0 aliphatic carbocycles. The van der Waals surface area contributed by atoms with Gasteiger partial charge < -0.3 is 9.84 Å². The van der Waals surface area contributed by atoms with Crippen LogP contribution in [0.1, 0.15) is 19.7 Å². The number of hydrogen-bond acceptors (Lipinski definition) is 6. The van der Waals surface area contributed by atoms with Gasteiger partial charge in [0.15, 0.2) is 5.16 Å². The van der Waals surface area contributed by atoms with Crippen LogP contribution >= 0.6 is 11.8 Å². The van der Waals surface area contributed by atoms with Crippen LogP contribution < -0.4 is 0 Å². The normalized spacial score (nSPS) is 10.3. The average molecular weight is 273 g/mol. The zero-order valence-electron chi connectivity index (χ0n) is 10.3. The lowest BCUT2D eigenvalue weighted by molar-refractivity contribution is -0.144. The number of ether oxygens (including phenoxy) is 1.